The molecule has 3 aromatic rings. The van der Waals surface area contributed by atoms with E-state index >= 15 is 0 Å². The maximum absolute atomic E-state index is 13.3. The highest BCUT2D eigenvalue weighted by atomic mass is 32.2. The van der Waals surface area contributed by atoms with Crippen LogP contribution in [0.2, 0.25) is 0 Å². The van der Waals surface area contributed by atoms with Gasteiger partial charge in [-0.2, -0.15) is 4.98 Å². The van der Waals surface area contributed by atoms with Gasteiger partial charge in [0.2, 0.25) is 11.1 Å². The molecule has 8 nitrogen and oxygen atoms in total. The number of thioether (sulfide) groups is 1. The molecule has 0 saturated heterocycles. The van der Waals surface area contributed by atoms with E-state index in [0.29, 0.717) is 47.1 Å². The first-order valence-corrected chi connectivity index (χ1v) is 13.6. The van der Waals surface area contributed by atoms with Gasteiger partial charge in [-0.05, 0) is 57.4 Å². The minimum absolute atomic E-state index is 0.256. The van der Waals surface area contributed by atoms with Gasteiger partial charge in [-0.3, -0.25) is 0 Å². The van der Waals surface area contributed by atoms with Gasteiger partial charge in [0.05, 0.1) is 18.3 Å². The number of anilines is 1. The molecule has 2 heterocycles. The van der Waals surface area contributed by atoms with Crippen molar-refractivity contribution in [3.8, 4) is 11.5 Å². The Bertz CT molecular complexity index is 1260. The van der Waals surface area contributed by atoms with Gasteiger partial charge in [0.1, 0.15) is 12.6 Å². The van der Waals surface area contributed by atoms with Gasteiger partial charge < -0.3 is 19.5 Å². The van der Waals surface area contributed by atoms with Crippen molar-refractivity contribution in [1.82, 2.24) is 14.8 Å². The molecule has 0 aliphatic carbocycles. The molecule has 1 unspecified atom stereocenters. The third kappa shape index (κ3) is 6.28. The van der Waals surface area contributed by atoms with Crippen LogP contribution in [0.4, 0.5) is 5.95 Å². The van der Waals surface area contributed by atoms with E-state index in [9.17, 15) is 4.79 Å². The number of nitrogens with one attached hydrogen (secondary N) is 1. The zero-order valence-corrected chi connectivity index (χ0v) is 22.8. The van der Waals surface area contributed by atoms with Gasteiger partial charge in [0, 0.05) is 11.4 Å². The normalized spacial score (nSPS) is 14.8. The summed E-state index contributed by atoms with van der Waals surface area (Å²) in [7, 11) is 0. The number of aromatic nitrogens is 3. The van der Waals surface area contributed by atoms with E-state index < -0.39 is 12.0 Å². The molecule has 9 heteroatoms. The summed E-state index contributed by atoms with van der Waals surface area (Å²) >= 11 is 1.59. The summed E-state index contributed by atoms with van der Waals surface area (Å²) in [5.41, 5.74) is 3.06. The molecule has 0 radical (unpaired) electrons. The van der Waals surface area contributed by atoms with E-state index in [1.54, 1.807) is 16.4 Å². The monoisotopic (exact) mass is 522 g/mol. The lowest BCUT2D eigenvalue weighted by Crippen LogP contribution is -2.30. The van der Waals surface area contributed by atoms with Crippen molar-refractivity contribution in [2.45, 2.75) is 64.9 Å². The number of benzene rings is 2. The van der Waals surface area contributed by atoms with Crippen LogP contribution < -0.4 is 14.8 Å². The molecule has 1 N–H and O–H groups in total. The molecular formula is C28H34N4O4S. The van der Waals surface area contributed by atoms with Crippen LogP contribution in [0.25, 0.3) is 0 Å². The van der Waals surface area contributed by atoms with E-state index in [1.807, 2.05) is 76.2 Å². The van der Waals surface area contributed by atoms with Crippen LogP contribution in [-0.4, -0.2) is 39.2 Å². The molecule has 0 amide bonds. The van der Waals surface area contributed by atoms with Crippen molar-refractivity contribution in [2.75, 3.05) is 17.7 Å². The SMILES string of the molecule is CCCSc1nc2n(n1)C(c1ccc(OCc3ccccc3)c(OCC)c1)C(C(=O)OC(C)C)=C(C)N2. The summed E-state index contributed by atoms with van der Waals surface area (Å²) in [5, 5.41) is 8.67. The van der Waals surface area contributed by atoms with E-state index in [1.165, 1.54) is 0 Å². The largest absolute Gasteiger partial charge is 0.490 e. The van der Waals surface area contributed by atoms with E-state index in [0.717, 1.165) is 23.3 Å². The fraction of sp³-hybridized carbons (Fsp3) is 0.393. The molecule has 1 aliphatic rings. The molecule has 4 rings (SSSR count). The number of nitrogens with zero attached hydrogens (tertiary/aromatic N) is 3. The highest BCUT2D eigenvalue weighted by Crippen LogP contribution is 2.40. The molecule has 196 valence electrons. The summed E-state index contributed by atoms with van der Waals surface area (Å²) in [5.74, 6) is 2.34. The molecule has 0 bridgehead atoms. The first kappa shape index (κ1) is 26.6. The summed E-state index contributed by atoms with van der Waals surface area (Å²) < 4.78 is 19.5. The summed E-state index contributed by atoms with van der Waals surface area (Å²) in [4.78, 5) is 18.0. The molecule has 0 spiro atoms. The van der Waals surface area contributed by atoms with Crippen LogP contribution in [0.1, 0.15) is 58.2 Å². The van der Waals surface area contributed by atoms with Gasteiger partial charge in [-0.1, -0.05) is 55.1 Å². The molecule has 1 atom stereocenters. The smallest absolute Gasteiger partial charge is 0.338 e. The summed E-state index contributed by atoms with van der Waals surface area (Å²) in [6, 6.07) is 15.2. The molecular weight excluding hydrogens is 488 g/mol. The van der Waals surface area contributed by atoms with E-state index in [-0.39, 0.29) is 6.10 Å². The highest BCUT2D eigenvalue weighted by Gasteiger charge is 2.36. The Morgan fingerprint density at radius 2 is 1.89 bits per heavy atom. The maximum Gasteiger partial charge on any atom is 0.338 e. The van der Waals surface area contributed by atoms with E-state index in [4.69, 9.17) is 19.3 Å². The van der Waals surface area contributed by atoms with E-state index in [2.05, 4.69) is 17.2 Å². The van der Waals surface area contributed by atoms with Crippen LogP contribution >= 0.6 is 11.8 Å². The van der Waals surface area contributed by atoms with Crippen LogP contribution in [0.5, 0.6) is 11.5 Å². The molecule has 37 heavy (non-hydrogen) atoms. The van der Waals surface area contributed by atoms with Crippen molar-refractivity contribution in [3.05, 3.63) is 70.9 Å². The Hall–Kier alpha value is -3.46. The lowest BCUT2D eigenvalue weighted by molar-refractivity contribution is -0.143. The number of allylic oxidation sites excluding steroid dienone is 1. The van der Waals surface area contributed by atoms with Gasteiger partial charge in [-0.25, -0.2) is 9.48 Å². The third-order valence-corrected chi connectivity index (χ3v) is 6.70. The van der Waals surface area contributed by atoms with Gasteiger partial charge >= 0.3 is 5.97 Å². The first-order chi connectivity index (χ1) is 17.9. The molecule has 0 fully saturated rings. The number of carbonyl (C=O) groups is 1. The Morgan fingerprint density at radius 3 is 2.59 bits per heavy atom. The summed E-state index contributed by atoms with van der Waals surface area (Å²) in [6.45, 7) is 10.5. The zero-order chi connectivity index (χ0) is 26.4. The van der Waals surface area contributed by atoms with Crippen molar-refractivity contribution in [2.24, 2.45) is 0 Å². The molecule has 0 saturated carbocycles. The Kier molecular flexibility index (Phi) is 8.76. The number of fused-ring (bicyclic) bond motifs is 1. The van der Waals surface area contributed by atoms with Gasteiger partial charge in [0.15, 0.2) is 11.5 Å². The fourth-order valence-electron chi connectivity index (χ4n) is 4.05. The highest BCUT2D eigenvalue weighted by molar-refractivity contribution is 7.99. The second kappa shape index (κ2) is 12.2. The Balaban J connectivity index is 1.74. The Labute approximate surface area is 222 Å². The van der Waals surface area contributed by atoms with Crippen LogP contribution in [0, 0.1) is 0 Å². The average Bonchev–Trinajstić information content (AvgIpc) is 3.28. The lowest BCUT2D eigenvalue weighted by atomic mass is 9.95. The standard InChI is InChI=1S/C28H34N4O4S/c1-6-15-37-28-30-27-29-19(5)24(26(33)36-18(3)4)25(32(27)31-28)21-13-14-22(23(16-21)34-7-2)35-17-20-11-9-8-10-12-20/h8-14,16,18,25H,6-7,15,17H2,1-5H3,(H,29,30,31). The van der Waals surface area contributed by atoms with Crippen molar-refractivity contribution in [1.29, 1.82) is 0 Å². The van der Waals surface area contributed by atoms with Crippen molar-refractivity contribution >= 4 is 23.7 Å². The van der Waals surface area contributed by atoms with Crippen LogP contribution in [-0.2, 0) is 16.1 Å². The maximum atomic E-state index is 13.3. The molecule has 1 aliphatic heterocycles. The van der Waals surface area contributed by atoms with Crippen molar-refractivity contribution < 1.29 is 19.0 Å². The number of rotatable bonds is 11. The summed E-state index contributed by atoms with van der Waals surface area (Å²) in [6.07, 6.45) is 0.755. The number of ether oxygens (including phenoxy) is 3. The molecule has 2 aromatic carbocycles. The second-order valence-electron chi connectivity index (χ2n) is 8.94. The van der Waals surface area contributed by atoms with Crippen LogP contribution in [0.3, 0.4) is 0 Å². The third-order valence-electron chi connectivity index (χ3n) is 5.65. The quantitative estimate of drug-likeness (QED) is 0.242. The number of carbonyl (C=O) groups excluding carboxylic acids is 1. The number of hydrogen-bond acceptors (Lipinski definition) is 8. The minimum atomic E-state index is -0.534. The van der Waals surface area contributed by atoms with Crippen molar-refractivity contribution in [3.63, 3.8) is 0 Å². The fourth-order valence-corrected chi connectivity index (χ4v) is 4.74. The lowest BCUT2D eigenvalue weighted by Gasteiger charge is -2.29. The second-order valence-corrected chi connectivity index (χ2v) is 10.0. The topological polar surface area (TPSA) is 87.5 Å². The predicted molar refractivity (Wildman–Crippen MR) is 145 cm³/mol. The first-order valence-electron chi connectivity index (χ1n) is 12.6. The minimum Gasteiger partial charge on any atom is -0.490 e. The predicted octanol–water partition coefficient (Wildman–Crippen LogP) is 6.00. The number of hydrogen-bond donors (Lipinski definition) is 1. The van der Waals surface area contributed by atoms with Gasteiger partial charge in [-0.15, -0.1) is 5.10 Å². The van der Waals surface area contributed by atoms with Crippen LogP contribution in [0.15, 0.2) is 65.0 Å². The zero-order valence-electron chi connectivity index (χ0n) is 22.0. The van der Waals surface area contributed by atoms with Gasteiger partial charge in [0.25, 0.3) is 0 Å². The average molecular weight is 523 g/mol. The number of esters is 1. The molecule has 1 aromatic heterocycles. The Morgan fingerprint density at radius 1 is 1.11 bits per heavy atom.